The van der Waals surface area contributed by atoms with Crippen LogP contribution in [-0.4, -0.2) is 31.4 Å². The molecule has 132 valence electrons. The summed E-state index contributed by atoms with van der Waals surface area (Å²) < 4.78 is 0. The van der Waals surface area contributed by atoms with Gasteiger partial charge < -0.3 is 10.2 Å². The maximum atomic E-state index is 12.6. The third-order valence-corrected chi connectivity index (χ3v) is 5.21. The molecular weight excluding hydrogens is 308 g/mol. The van der Waals surface area contributed by atoms with Crippen molar-refractivity contribution < 1.29 is 4.79 Å². The number of likely N-dealkylation sites (N-methyl/N-ethyl adjacent to an activating group) is 1. The van der Waals surface area contributed by atoms with Gasteiger partial charge in [0.05, 0.1) is 6.04 Å². The van der Waals surface area contributed by atoms with Gasteiger partial charge in [0.1, 0.15) is 0 Å². The first-order chi connectivity index (χ1) is 12.1. The fourth-order valence-corrected chi connectivity index (χ4v) is 3.58. The van der Waals surface area contributed by atoms with Crippen molar-refractivity contribution in [2.24, 2.45) is 0 Å². The van der Waals surface area contributed by atoms with Crippen LogP contribution in [0.4, 0.5) is 0 Å². The molecule has 0 saturated carbocycles. The van der Waals surface area contributed by atoms with Gasteiger partial charge in [0.25, 0.3) is 5.91 Å². The number of aryl methyl sites for hydroxylation is 3. The molecule has 1 aliphatic carbocycles. The molecule has 0 aromatic heterocycles. The van der Waals surface area contributed by atoms with Gasteiger partial charge in [0, 0.05) is 12.1 Å². The number of amides is 1. The van der Waals surface area contributed by atoms with E-state index in [4.69, 9.17) is 0 Å². The van der Waals surface area contributed by atoms with Gasteiger partial charge in [-0.15, -0.1) is 0 Å². The van der Waals surface area contributed by atoms with E-state index in [0.717, 1.165) is 24.8 Å². The van der Waals surface area contributed by atoms with Crippen molar-refractivity contribution in [3.8, 4) is 0 Å². The van der Waals surface area contributed by atoms with Gasteiger partial charge in [-0.2, -0.15) is 0 Å². The summed E-state index contributed by atoms with van der Waals surface area (Å²) in [6.07, 6.45) is 4.49. The fourth-order valence-electron chi connectivity index (χ4n) is 3.58. The Morgan fingerprint density at radius 3 is 2.48 bits per heavy atom. The molecule has 0 spiro atoms. The number of fused-ring (bicyclic) bond motifs is 1. The maximum Gasteiger partial charge on any atom is 0.251 e. The molecule has 1 amide bonds. The van der Waals surface area contributed by atoms with Crippen LogP contribution in [0.1, 0.15) is 52.0 Å². The average Bonchev–Trinajstić information content (AvgIpc) is 3.09. The van der Waals surface area contributed by atoms with Gasteiger partial charge in [0.2, 0.25) is 0 Å². The molecule has 0 bridgehead atoms. The highest BCUT2D eigenvalue weighted by Crippen LogP contribution is 2.23. The summed E-state index contributed by atoms with van der Waals surface area (Å²) in [7, 11) is 4.11. The number of hydrogen-bond acceptors (Lipinski definition) is 2. The van der Waals surface area contributed by atoms with Gasteiger partial charge >= 0.3 is 0 Å². The van der Waals surface area contributed by atoms with Crippen LogP contribution in [-0.2, 0) is 19.3 Å². The lowest BCUT2D eigenvalue weighted by atomic mass is 10.0. The van der Waals surface area contributed by atoms with E-state index in [1.54, 1.807) is 0 Å². The predicted octanol–water partition coefficient (Wildman–Crippen LogP) is 3.77. The van der Waals surface area contributed by atoms with E-state index in [9.17, 15) is 4.79 Å². The number of rotatable bonds is 6. The minimum absolute atomic E-state index is 0.0201. The molecule has 1 aliphatic rings. The van der Waals surface area contributed by atoms with Crippen LogP contribution in [0, 0.1) is 0 Å². The van der Waals surface area contributed by atoms with Crippen LogP contribution in [0.25, 0.3) is 0 Å². The quantitative estimate of drug-likeness (QED) is 0.871. The molecule has 1 atom stereocenters. The van der Waals surface area contributed by atoms with Gasteiger partial charge in [0.15, 0.2) is 0 Å². The molecule has 0 saturated heterocycles. The first kappa shape index (κ1) is 17.7. The summed E-state index contributed by atoms with van der Waals surface area (Å²) in [5, 5.41) is 3.12. The zero-order chi connectivity index (χ0) is 17.8. The molecule has 0 unspecified atom stereocenters. The molecule has 0 fully saturated rings. The number of hydrogen-bond donors (Lipinski definition) is 1. The molecule has 25 heavy (non-hydrogen) atoms. The molecule has 2 aromatic rings. The highest BCUT2D eigenvalue weighted by atomic mass is 16.1. The molecule has 3 rings (SSSR count). The van der Waals surface area contributed by atoms with Crippen LogP contribution in [0.5, 0.6) is 0 Å². The lowest BCUT2D eigenvalue weighted by Gasteiger charge is -2.25. The standard InChI is InChI=1S/C22H28N2O/c1-4-16-8-10-18(11-9-16)21(24(2)3)15-23-22(25)20-13-12-17-6-5-7-19(17)14-20/h8-14,21H,4-7,15H2,1-3H3,(H,23,25)/t21-/m1/s1. The number of nitrogens with one attached hydrogen (secondary N) is 1. The zero-order valence-electron chi connectivity index (χ0n) is 15.5. The highest BCUT2D eigenvalue weighted by Gasteiger charge is 2.17. The van der Waals surface area contributed by atoms with Crippen molar-refractivity contribution >= 4 is 5.91 Å². The van der Waals surface area contributed by atoms with E-state index >= 15 is 0 Å². The average molecular weight is 336 g/mol. The summed E-state index contributed by atoms with van der Waals surface area (Å²) in [4.78, 5) is 14.7. The second-order valence-corrected chi connectivity index (χ2v) is 7.12. The van der Waals surface area contributed by atoms with Crippen molar-refractivity contribution in [2.75, 3.05) is 20.6 Å². The Morgan fingerprint density at radius 1 is 1.08 bits per heavy atom. The van der Waals surface area contributed by atoms with E-state index in [-0.39, 0.29) is 11.9 Å². The predicted molar refractivity (Wildman–Crippen MR) is 103 cm³/mol. The van der Waals surface area contributed by atoms with E-state index in [0.29, 0.717) is 6.54 Å². The largest absolute Gasteiger partial charge is 0.350 e. The molecule has 0 heterocycles. The van der Waals surface area contributed by atoms with Crippen molar-refractivity contribution in [3.05, 3.63) is 70.3 Å². The Hall–Kier alpha value is -2.13. The zero-order valence-corrected chi connectivity index (χ0v) is 15.5. The monoisotopic (exact) mass is 336 g/mol. The normalized spacial score (nSPS) is 14.4. The second-order valence-electron chi connectivity index (χ2n) is 7.12. The summed E-state index contributed by atoms with van der Waals surface area (Å²) in [6, 6.07) is 15.0. The fraction of sp³-hybridized carbons (Fsp3) is 0.409. The molecule has 1 N–H and O–H groups in total. The molecular formula is C22H28N2O. The number of carbonyl (C=O) groups excluding carboxylic acids is 1. The minimum atomic E-state index is 0.0201. The smallest absolute Gasteiger partial charge is 0.251 e. The van der Waals surface area contributed by atoms with Crippen LogP contribution in [0.3, 0.4) is 0 Å². The SMILES string of the molecule is CCc1ccc([C@@H](CNC(=O)c2ccc3c(c2)CCC3)N(C)C)cc1. The van der Waals surface area contributed by atoms with Gasteiger partial charge in [-0.25, -0.2) is 0 Å². The Kier molecular flexibility index (Phi) is 5.54. The first-order valence-electron chi connectivity index (χ1n) is 9.23. The third-order valence-electron chi connectivity index (χ3n) is 5.21. The summed E-state index contributed by atoms with van der Waals surface area (Å²) in [5.41, 5.74) is 6.09. The lowest BCUT2D eigenvalue weighted by Crippen LogP contribution is -2.34. The number of nitrogens with zero attached hydrogens (tertiary/aromatic N) is 1. The minimum Gasteiger partial charge on any atom is -0.350 e. The lowest BCUT2D eigenvalue weighted by molar-refractivity contribution is 0.0942. The molecule has 0 aliphatic heterocycles. The van der Waals surface area contributed by atoms with Crippen LogP contribution in [0.15, 0.2) is 42.5 Å². The topological polar surface area (TPSA) is 32.3 Å². The summed E-state index contributed by atoms with van der Waals surface area (Å²) in [6.45, 7) is 2.77. The molecule has 0 radical (unpaired) electrons. The summed E-state index contributed by atoms with van der Waals surface area (Å²) in [5.74, 6) is 0.0201. The number of benzene rings is 2. The molecule has 3 nitrogen and oxygen atoms in total. The van der Waals surface area contributed by atoms with Crippen molar-refractivity contribution in [1.82, 2.24) is 10.2 Å². The number of carbonyl (C=O) groups is 1. The molecule has 3 heteroatoms. The van der Waals surface area contributed by atoms with Crippen molar-refractivity contribution in [3.63, 3.8) is 0 Å². The Bertz CT molecular complexity index is 734. The first-order valence-corrected chi connectivity index (χ1v) is 9.23. The van der Waals surface area contributed by atoms with E-state index in [2.05, 4.69) is 67.6 Å². The molecule has 2 aromatic carbocycles. The van der Waals surface area contributed by atoms with Gasteiger partial charge in [-0.05, 0) is 74.2 Å². The van der Waals surface area contributed by atoms with Crippen molar-refractivity contribution in [2.45, 2.75) is 38.6 Å². The van der Waals surface area contributed by atoms with E-state index < -0.39 is 0 Å². The van der Waals surface area contributed by atoms with E-state index in [1.807, 2.05) is 6.07 Å². The van der Waals surface area contributed by atoms with Crippen molar-refractivity contribution in [1.29, 1.82) is 0 Å². The van der Waals surface area contributed by atoms with Crippen LogP contribution >= 0.6 is 0 Å². The van der Waals surface area contributed by atoms with Crippen LogP contribution < -0.4 is 5.32 Å². The maximum absolute atomic E-state index is 12.6. The Morgan fingerprint density at radius 2 is 1.80 bits per heavy atom. The Balaban J connectivity index is 1.67. The second kappa shape index (κ2) is 7.83. The Labute approximate surface area is 151 Å². The van der Waals surface area contributed by atoms with Gasteiger partial charge in [-0.1, -0.05) is 37.3 Å². The third kappa shape index (κ3) is 4.10. The summed E-state index contributed by atoms with van der Waals surface area (Å²) >= 11 is 0. The van der Waals surface area contributed by atoms with Crippen LogP contribution in [0.2, 0.25) is 0 Å². The van der Waals surface area contributed by atoms with E-state index in [1.165, 1.54) is 28.7 Å². The van der Waals surface area contributed by atoms with Gasteiger partial charge in [-0.3, -0.25) is 4.79 Å². The highest BCUT2D eigenvalue weighted by molar-refractivity contribution is 5.94.